The molecule has 1 aromatic carbocycles. The van der Waals surface area contributed by atoms with Gasteiger partial charge in [0.15, 0.2) is 5.82 Å². The second-order valence-corrected chi connectivity index (χ2v) is 4.83. The molecule has 1 saturated heterocycles. The van der Waals surface area contributed by atoms with E-state index in [0.29, 0.717) is 10.8 Å². The van der Waals surface area contributed by atoms with Gasteiger partial charge in [0, 0.05) is 30.4 Å². The molecule has 0 radical (unpaired) electrons. The summed E-state index contributed by atoms with van der Waals surface area (Å²) >= 11 is 5.88. The first kappa shape index (κ1) is 13.1. The van der Waals surface area contributed by atoms with E-state index in [1.807, 2.05) is 36.5 Å². The van der Waals surface area contributed by atoms with Crippen LogP contribution in [0, 0.1) is 0 Å². The van der Waals surface area contributed by atoms with Gasteiger partial charge in [0.2, 0.25) is 0 Å². The molecule has 3 rings (SSSR count). The summed E-state index contributed by atoms with van der Waals surface area (Å²) < 4.78 is 6.98. The topological polar surface area (TPSA) is 56.1 Å². The van der Waals surface area contributed by atoms with Gasteiger partial charge in [0.1, 0.15) is 0 Å². The first-order chi connectivity index (χ1) is 9.83. The first-order valence-electron chi connectivity index (χ1n) is 6.37. The summed E-state index contributed by atoms with van der Waals surface area (Å²) in [6.45, 7) is 3.29. The van der Waals surface area contributed by atoms with E-state index in [1.54, 1.807) is 4.68 Å². The van der Waals surface area contributed by atoms with Crippen molar-refractivity contribution in [3.8, 4) is 5.69 Å². The smallest absolute Gasteiger partial charge is 0.181 e. The number of halogens is 1. The molecule has 1 fully saturated rings. The van der Waals surface area contributed by atoms with E-state index in [-0.39, 0.29) is 0 Å². The number of aromatic nitrogens is 4. The lowest BCUT2D eigenvalue weighted by Gasteiger charge is -2.24. The number of benzene rings is 1. The summed E-state index contributed by atoms with van der Waals surface area (Å²) in [5.41, 5.74) is 0.876. The number of tetrazole rings is 1. The highest BCUT2D eigenvalue weighted by Gasteiger charge is 2.08. The van der Waals surface area contributed by atoms with Gasteiger partial charge in [-0.2, -0.15) is 4.68 Å². The minimum atomic E-state index is 0.679. The fourth-order valence-electron chi connectivity index (χ4n) is 1.96. The van der Waals surface area contributed by atoms with Gasteiger partial charge in [0.25, 0.3) is 0 Å². The zero-order valence-electron chi connectivity index (χ0n) is 10.8. The van der Waals surface area contributed by atoms with Crippen molar-refractivity contribution in [2.75, 3.05) is 26.3 Å². The fourth-order valence-corrected chi connectivity index (χ4v) is 2.09. The molecule has 6 nitrogen and oxygen atoms in total. The monoisotopic (exact) mass is 291 g/mol. The van der Waals surface area contributed by atoms with Crippen molar-refractivity contribution >= 4 is 17.7 Å². The van der Waals surface area contributed by atoms with Crippen LogP contribution >= 0.6 is 11.6 Å². The maximum Gasteiger partial charge on any atom is 0.181 e. The average molecular weight is 292 g/mol. The van der Waals surface area contributed by atoms with Crippen molar-refractivity contribution in [2.24, 2.45) is 0 Å². The van der Waals surface area contributed by atoms with Gasteiger partial charge in [-0.25, -0.2) is 0 Å². The fraction of sp³-hybridized carbons (Fsp3) is 0.308. The molecule has 7 heteroatoms. The Morgan fingerprint density at radius 2 is 1.90 bits per heavy atom. The molecule has 0 spiro atoms. The van der Waals surface area contributed by atoms with Gasteiger partial charge in [-0.1, -0.05) is 11.6 Å². The van der Waals surface area contributed by atoms with Gasteiger partial charge >= 0.3 is 0 Å². The molecule has 0 bridgehead atoms. The Bertz CT molecular complexity index is 589. The van der Waals surface area contributed by atoms with Crippen LogP contribution in [0.25, 0.3) is 11.8 Å². The molecule has 20 heavy (non-hydrogen) atoms. The highest BCUT2D eigenvalue weighted by Crippen LogP contribution is 2.14. The largest absolute Gasteiger partial charge is 0.378 e. The molecule has 0 N–H and O–H groups in total. The molecule has 1 aromatic heterocycles. The molecular formula is C13H14ClN5O. The van der Waals surface area contributed by atoms with Crippen LogP contribution < -0.4 is 0 Å². The second-order valence-electron chi connectivity index (χ2n) is 4.39. The molecule has 2 aromatic rings. The van der Waals surface area contributed by atoms with Crippen LogP contribution in [-0.4, -0.2) is 51.4 Å². The molecular weight excluding hydrogens is 278 g/mol. The molecule has 1 aliphatic heterocycles. The quantitative estimate of drug-likeness (QED) is 0.860. The SMILES string of the molecule is Clc1ccc(-n2nnnc2/C=C/N2CCOCC2)cc1. The third-order valence-corrected chi connectivity index (χ3v) is 3.30. The number of ether oxygens (including phenoxy) is 1. The van der Waals surface area contributed by atoms with Crippen molar-refractivity contribution in [1.29, 1.82) is 0 Å². The standard InChI is InChI=1S/C13H14ClN5O/c14-11-1-3-12(4-2-11)19-13(15-16-17-19)5-6-18-7-9-20-10-8-18/h1-6H,7-10H2/b6-5+. The Hall–Kier alpha value is -1.92. The normalized spacial score (nSPS) is 15.9. The van der Waals surface area contributed by atoms with Gasteiger partial charge in [-0.15, -0.1) is 5.10 Å². The van der Waals surface area contributed by atoms with E-state index in [0.717, 1.165) is 32.0 Å². The molecule has 0 saturated carbocycles. The van der Waals surface area contributed by atoms with E-state index >= 15 is 0 Å². The van der Waals surface area contributed by atoms with Gasteiger partial charge < -0.3 is 9.64 Å². The van der Waals surface area contributed by atoms with Gasteiger partial charge in [-0.05, 0) is 34.7 Å². The lowest BCUT2D eigenvalue weighted by atomic mass is 10.3. The van der Waals surface area contributed by atoms with Crippen molar-refractivity contribution in [1.82, 2.24) is 25.1 Å². The number of hydrogen-bond donors (Lipinski definition) is 0. The molecule has 0 aliphatic carbocycles. The summed E-state index contributed by atoms with van der Waals surface area (Å²) in [7, 11) is 0. The van der Waals surface area contributed by atoms with Gasteiger partial charge in [0.05, 0.1) is 18.9 Å². The Morgan fingerprint density at radius 3 is 2.65 bits per heavy atom. The maximum absolute atomic E-state index is 5.88. The number of morpholine rings is 1. The average Bonchev–Trinajstić information content (AvgIpc) is 2.95. The Balaban J connectivity index is 1.79. The van der Waals surface area contributed by atoms with Crippen molar-refractivity contribution in [3.05, 3.63) is 41.3 Å². The summed E-state index contributed by atoms with van der Waals surface area (Å²) in [5.74, 6) is 0.679. The molecule has 0 amide bonds. The van der Waals surface area contributed by atoms with E-state index in [9.17, 15) is 0 Å². The third kappa shape index (κ3) is 2.97. The molecule has 0 unspecified atom stereocenters. The van der Waals surface area contributed by atoms with E-state index in [2.05, 4.69) is 20.4 Å². The van der Waals surface area contributed by atoms with Crippen LogP contribution in [-0.2, 0) is 4.74 Å². The van der Waals surface area contributed by atoms with Crippen LogP contribution in [0.2, 0.25) is 5.02 Å². The number of nitrogens with zero attached hydrogens (tertiary/aromatic N) is 5. The highest BCUT2D eigenvalue weighted by molar-refractivity contribution is 6.30. The maximum atomic E-state index is 5.88. The predicted molar refractivity (Wildman–Crippen MR) is 75.6 cm³/mol. The third-order valence-electron chi connectivity index (χ3n) is 3.04. The van der Waals surface area contributed by atoms with Crippen molar-refractivity contribution in [3.63, 3.8) is 0 Å². The second kappa shape index (κ2) is 6.02. The van der Waals surface area contributed by atoms with Crippen LogP contribution in [0.4, 0.5) is 0 Å². The van der Waals surface area contributed by atoms with Gasteiger partial charge in [-0.3, -0.25) is 0 Å². The summed E-state index contributed by atoms with van der Waals surface area (Å²) in [6.07, 6.45) is 3.90. The van der Waals surface area contributed by atoms with Crippen LogP contribution in [0.1, 0.15) is 5.82 Å². The summed E-state index contributed by atoms with van der Waals surface area (Å²) in [5, 5.41) is 12.4. The molecule has 1 aliphatic rings. The number of rotatable bonds is 3. The summed E-state index contributed by atoms with van der Waals surface area (Å²) in [4.78, 5) is 2.18. The Labute approximate surface area is 121 Å². The lowest BCUT2D eigenvalue weighted by Crippen LogP contribution is -2.31. The van der Waals surface area contributed by atoms with Crippen LogP contribution in [0.3, 0.4) is 0 Å². The lowest BCUT2D eigenvalue weighted by molar-refractivity contribution is 0.0597. The zero-order valence-corrected chi connectivity index (χ0v) is 11.6. The molecule has 0 atom stereocenters. The number of hydrogen-bond acceptors (Lipinski definition) is 5. The van der Waals surface area contributed by atoms with Crippen molar-refractivity contribution in [2.45, 2.75) is 0 Å². The zero-order chi connectivity index (χ0) is 13.8. The van der Waals surface area contributed by atoms with E-state index in [1.165, 1.54) is 0 Å². The summed E-state index contributed by atoms with van der Waals surface area (Å²) in [6, 6.07) is 7.39. The molecule has 2 heterocycles. The predicted octanol–water partition coefficient (Wildman–Crippen LogP) is 1.62. The first-order valence-corrected chi connectivity index (χ1v) is 6.75. The molecule has 104 valence electrons. The van der Waals surface area contributed by atoms with E-state index in [4.69, 9.17) is 16.3 Å². The Morgan fingerprint density at radius 1 is 1.15 bits per heavy atom. The minimum Gasteiger partial charge on any atom is -0.378 e. The highest BCUT2D eigenvalue weighted by atomic mass is 35.5. The van der Waals surface area contributed by atoms with Crippen molar-refractivity contribution < 1.29 is 4.74 Å². The Kier molecular flexibility index (Phi) is 3.94. The van der Waals surface area contributed by atoms with Crippen LogP contribution in [0.5, 0.6) is 0 Å². The minimum absolute atomic E-state index is 0.679. The van der Waals surface area contributed by atoms with E-state index < -0.39 is 0 Å². The van der Waals surface area contributed by atoms with Crippen LogP contribution in [0.15, 0.2) is 30.5 Å².